The van der Waals surface area contributed by atoms with Gasteiger partial charge in [-0.15, -0.1) is 0 Å². The van der Waals surface area contributed by atoms with Crippen molar-refractivity contribution in [3.63, 3.8) is 0 Å². The van der Waals surface area contributed by atoms with E-state index in [1.165, 1.54) is 12.3 Å². The van der Waals surface area contributed by atoms with E-state index in [9.17, 15) is 9.90 Å². The lowest BCUT2D eigenvalue weighted by molar-refractivity contribution is -0.123. The first-order valence-electron chi connectivity index (χ1n) is 8.01. The monoisotopic (exact) mass is 438 g/mol. The zero-order valence-corrected chi connectivity index (χ0v) is 17.1. The first-order chi connectivity index (χ1) is 12.3. The number of amides is 1. The number of rotatable bonds is 6. The van der Waals surface area contributed by atoms with Crippen molar-refractivity contribution >= 4 is 39.7 Å². The molecule has 26 heavy (non-hydrogen) atoms. The number of ether oxygens (including phenoxy) is 1. The molecule has 2 N–H and O–H groups in total. The third kappa shape index (κ3) is 5.47. The van der Waals surface area contributed by atoms with Crippen LogP contribution < -0.4 is 10.2 Å². The van der Waals surface area contributed by atoms with E-state index in [0.29, 0.717) is 20.8 Å². The largest absolute Gasteiger partial charge is 0.506 e. The van der Waals surface area contributed by atoms with Gasteiger partial charge in [0, 0.05) is 10.6 Å². The molecular formula is C19H20BrClN2O3. The van der Waals surface area contributed by atoms with E-state index in [0.717, 1.165) is 11.1 Å². The van der Waals surface area contributed by atoms with Gasteiger partial charge < -0.3 is 9.84 Å². The maximum atomic E-state index is 11.9. The number of aromatic hydroxyl groups is 1. The number of carbonyl (C=O) groups excluding carboxylic acids is 1. The number of halogens is 2. The number of nitrogens with one attached hydrogen (secondary N) is 1. The van der Waals surface area contributed by atoms with Crippen LogP contribution in [0.3, 0.4) is 0 Å². The molecule has 0 aromatic heterocycles. The summed E-state index contributed by atoms with van der Waals surface area (Å²) in [6, 6.07) is 9.03. The van der Waals surface area contributed by atoms with E-state index in [4.69, 9.17) is 16.3 Å². The number of phenolic OH excluding ortho intramolecular Hbond substituents is 1. The molecule has 0 bridgehead atoms. The molecule has 2 aromatic rings. The van der Waals surface area contributed by atoms with E-state index in [1.54, 1.807) is 6.07 Å². The summed E-state index contributed by atoms with van der Waals surface area (Å²) in [7, 11) is 0. The smallest absolute Gasteiger partial charge is 0.277 e. The van der Waals surface area contributed by atoms with Gasteiger partial charge in [0.1, 0.15) is 11.5 Å². The van der Waals surface area contributed by atoms with Crippen LogP contribution in [-0.2, 0) is 4.79 Å². The average molecular weight is 440 g/mol. The fourth-order valence-electron chi connectivity index (χ4n) is 2.28. The van der Waals surface area contributed by atoms with Crippen LogP contribution in [-0.4, -0.2) is 23.8 Å². The summed E-state index contributed by atoms with van der Waals surface area (Å²) in [4.78, 5) is 11.9. The number of benzene rings is 2. The molecule has 2 aromatic carbocycles. The van der Waals surface area contributed by atoms with E-state index >= 15 is 0 Å². The van der Waals surface area contributed by atoms with Crippen LogP contribution in [0.5, 0.6) is 11.5 Å². The van der Waals surface area contributed by atoms with E-state index in [-0.39, 0.29) is 18.3 Å². The van der Waals surface area contributed by atoms with Gasteiger partial charge in [-0.3, -0.25) is 4.79 Å². The molecule has 0 heterocycles. The molecular weight excluding hydrogens is 420 g/mol. The normalized spacial score (nSPS) is 11.2. The minimum absolute atomic E-state index is 0.00927. The summed E-state index contributed by atoms with van der Waals surface area (Å²) in [5.41, 5.74) is 4.85. The zero-order chi connectivity index (χ0) is 19.3. The Hall–Kier alpha value is -2.05. The Kier molecular flexibility index (Phi) is 7.06. The van der Waals surface area contributed by atoms with Gasteiger partial charge >= 0.3 is 0 Å². The first kappa shape index (κ1) is 20.3. The fourth-order valence-corrected chi connectivity index (χ4v) is 3.11. The molecule has 0 aliphatic heterocycles. The molecule has 0 aliphatic rings. The predicted octanol–water partition coefficient (Wildman–Crippen LogP) is 4.77. The maximum Gasteiger partial charge on any atom is 0.277 e. The van der Waals surface area contributed by atoms with Crippen LogP contribution in [0.1, 0.15) is 36.5 Å². The number of carbonyl (C=O) groups is 1. The molecule has 0 fully saturated rings. The molecule has 0 unspecified atom stereocenters. The molecule has 138 valence electrons. The lowest BCUT2D eigenvalue weighted by Gasteiger charge is -2.14. The Bertz CT molecular complexity index is 838. The van der Waals surface area contributed by atoms with Crippen molar-refractivity contribution in [1.82, 2.24) is 5.43 Å². The highest BCUT2D eigenvalue weighted by Gasteiger charge is 2.10. The summed E-state index contributed by atoms with van der Waals surface area (Å²) in [6.07, 6.45) is 1.32. The average Bonchev–Trinajstić information content (AvgIpc) is 2.57. The van der Waals surface area contributed by atoms with Crippen LogP contribution in [0.2, 0.25) is 5.02 Å². The highest BCUT2D eigenvalue weighted by Crippen LogP contribution is 2.30. The van der Waals surface area contributed by atoms with Crippen molar-refractivity contribution in [2.24, 2.45) is 5.10 Å². The van der Waals surface area contributed by atoms with Gasteiger partial charge in [0.05, 0.1) is 10.7 Å². The molecule has 0 aliphatic carbocycles. The zero-order valence-electron chi connectivity index (χ0n) is 14.7. The van der Waals surface area contributed by atoms with Crippen LogP contribution >= 0.6 is 27.5 Å². The van der Waals surface area contributed by atoms with E-state index in [1.807, 2.05) is 25.1 Å². The van der Waals surface area contributed by atoms with Crippen LogP contribution in [0.4, 0.5) is 0 Å². The third-order valence-corrected chi connectivity index (χ3v) is 4.42. The number of hydrogen-bond acceptors (Lipinski definition) is 4. The standard InChI is InChI=1S/C19H20BrClN2O3/c1-11(2)15-5-4-12(3)6-17(15)26-10-18(24)23-22-9-13-7-14(21)8-16(20)19(13)25/h4-9,11,25H,10H2,1-3H3,(H,23,24)/b22-9+. The van der Waals surface area contributed by atoms with Crippen molar-refractivity contribution in [2.75, 3.05) is 6.61 Å². The summed E-state index contributed by atoms with van der Waals surface area (Å²) >= 11 is 9.11. The van der Waals surface area contributed by atoms with Gasteiger partial charge in [0.25, 0.3) is 5.91 Å². The Morgan fingerprint density at radius 2 is 2.12 bits per heavy atom. The Morgan fingerprint density at radius 3 is 2.81 bits per heavy atom. The molecule has 2 rings (SSSR count). The second kappa shape index (κ2) is 9.05. The molecule has 0 spiro atoms. The van der Waals surface area contributed by atoms with E-state index in [2.05, 4.69) is 40.3 Å². The Labute approximate surface area is 166 Å². The van der Waals surface area contributed by atoms with Crippen LogP contribution in [0.15, 0.2) is 39.9 Å². The van der Waals surface area contributed by atoms with Gasteiger partial charge in [0.15, 0.2) is 6.61 Å². The minimum Gasteiger partial charge on any atom is -0.506 e. The molecule has 1 amide bonds. The Balaban J connectivity index is 1.97. The van der Waals surface area contributed by atoms with Crippen LogP contribution in [0, 0.1) is 6.92 Å². The third-order valence-electron chi connectivity index (χ3n) is 3.60. The summed E-state index contributed by atoms with van der Waals surface area (Å²) in [5, 5.41) is 14.2. The number of aryl methyl sites for hydroxylation is 1. The van der Waals surface area contributed by atoms with Gasteiger partial charge in [-0.2, -0.15) is 5.10 Å². The number of phenols is 1. The highest BCUT2D eigenvalue weighted by atomic mass is 79.9. The van der Waals surface area contributed by atoms with Crippen LogP contribution in [0.25, 0.3) is 0 Å². The lowest BCUT2D eigenvalue weighted by atomic mass is 10.0. The highest BCUT2D eigenvalue weighted by molar-refractivity contribution is 9.10. The van der Waals surface area contributed by atoms with Gasteiger partial charge in [0.2, 0.25) is 0 Å². The first-order valence-corrected chi connectivity index (χ1v) is 9.18. The fraction of sp³-hybridized carbons (Fsp3) is 0.263. The van der Waals surface area contributed by atoms with Crippen molar-refractivity contribution in [3.8, 4) is 11.5 Å². The van der Waals surface area contributed by atoms with E-state index < -0.39 is 5.91 Å². The number of hydrazone groups is 1. The van der Waals surface area contributed by atoms with Crippen molar-refractivity contribution < 1.29 is 14.6 Å². The van der Waals surface area contributed by atoms with Gasteiger partial charge in [-0.25, -0.2) is 5.43 Å². The number of nitrogens with zero attached hydrogens (tertiary/aromatic N) is 1. The second-order valence-electron chi connectivity index (χ2n) is 6.10. The van der Waals surface area contributed by atoms with Crippen molar-refractivity contribution in [1.29, 1.82) is 0 Å². The molecule has 0 saturated heterocycles. The molecule has 0 radical (unpaired) electrons. The molecule has 5 nitrogen and oxygen atoms in total. The van der Waals surface area contributed by atoms with Crippen molar-refractivity contribution in [2.45, 2.75) is 26.7 Å². The minimum atomic E-state index is -0.405. The Morgan fingerprint density at radius 1 is 1.38 bits per heavy atom. The quantitative estimate of drug-likeness (QED) is 0.503. The lowest BCUT2D eigenvalue weighted by Crippen LogP contribution is -2.25. The predicted molar refractivity (Wildman–Crippen MR) is 107 cm³/mol. The number of hydrogen-bond donors (Lipinski definition) is 2. The van der Waals surface area contributed by atoms with Gasteiger partial charge in [-0.1, -0.05) is 37.6 Å². The summed E-state index contributed by atoms with van der Waals surface area (Å²) in [5.74, 6) is 0.564. The molecule has 0 atom stereocenters. The maximum absolute atomic E-state index is 11.9. The summed E-state index contributed by atoms with van der Waals surface area (Å²) in [6.45, 7) is 5.94. The van der Waals surface area contributed by atoms with Crippen molar-refractivity contribution in [3.05, 3.63) is 56.5 Å². The molecule has 7 heteroatoms. The summed E-state index contributed by atoms with van der Waals surface area (Å²) < 4.78 is 6.09. The topological polar surface area (TPSA) is 70.9 Å². The SMILES string of the molecule is Cc1ccc(C(C)C)c(OCC(=O)N/N=C/c2cc(Cl)cc(Br)c2O)c1. The molecule has 0 saturated carbocycles. The van der Waals surface area contributed by atoms with Gasteiger partial charge in [-0.05, 0) is 58.1 Å². The second-order valence-corrected chi connectivity index (χ2v) is 7.39.